The van der Waals surface area contributed by atoms with E-state index >= 15 is 0 Å². The summed E-state index contributed by atoms with van der Waals surface area (Å²) in [5.74, 6) is -0.282. The van der Waals surface area contributed by atoms with Crippen molar-refractivity contribution in [2.24, 2.45) is 0 Å². The number of para-hydroxylation sites is 2. The van der Waals surface area contributed by atoms with Gasteiger partial charge in [-0.15, -0.1) is 0 Å². The number of hydrogen-bond acceptors (Lipinski definition) is 8. The third-order valence-electron chi connectivity index (χ3n) is 13.7. The van der Waals surface area contributed by atoms with Crippen LogP contribution >= 0.6 is 0 Å². The molecular formula is C68H42N4O4. The molecule has 13 aromatic rings. The van der Waals surface area contributed by atoms with Crippen molar-refractivity contribution in [1.82, 2.24) is 19.9 Å². The summed E-state index contributed by atoms with van der Waals surface area (Å²) in [5.41, 5.74) is 13.5. The zero-order valence-electron chi connectivity index (χ0n) is 40.7. The number of aromatic nitrogens is 4. The molecule has 0 aliphatic carbocycles. The second kappa shape index (κ2) is 19.5. The molecule has 0 aliphatic heterocycles. The Hall–Kier alpha value is -10.4. The summed E-state index contributed by atoms with van der Waals surface area (Å²) in [6, 6.07) is 83.0. The molecule has 4 aromatic heterocycles. The van der Waals surface area contributed by atoms with Crippen molar-refractivity contribution in [2.75, 3.05) is 0 Å². The second-order valence-electron chi connectivity index (χ2n) is 18.4. The third kappa shape index (κ3) is 8.65. The number of carbonyl (C=O) groups is 2. The fourth-order valence-electron chi connectivity index (χ4n) is 9.99. The monoisotopic (exact) mass is 978 g/mol. The van der Waals surface area contributed by atoms with E-state index in [0.29, 0.717) is 33.6 Å². The van der Waals surface area contributed by atoms with E-state index in [-0.39, 0.29) is 11.4 Å². The Morgan fingerprint density at radius 3 is 0.829 bits per heavy atom. The summed E-state index contributed by atoms with van der Waals surface area (Å²) < 4.78 is 11.7. The highest BCUT2D eigenvalue weighted by Crippen LogP contribution is 2.41. The fourth-order valence-corrected chi connectivity index (χ4v) is 9.99. The van der Waals surface area contributed by atoms with Crippen molar-refractivity contribution >= 4 is 55.6 Å². The molecule has 76 heavy (non-hydrogen) atoms. The van der Waals surface area contributed by atoms with Crippen molar-refractivity contribution in [2.45, 2.75) is 0 Å². The van der Waals surface area contributed by atoms with Gasteiger partial charge in [-0.3, -0.25) is 0 Å². The Kier molecular flexibility index (Phi) is 11.7. The van der Waals surface area contributed by atoms with Gasteiger partial charge in [0.1, 0.15) is 22.9 Å². The van der Waals surface area contributed by atoms with E-state index in [1.54, 1.807) is 36.4 Å². The summed E-state index contributed by atoms with van der Waals surface area (Å²) in [4.78, 5) is 48.9. The number of pyridine rings is 4. The van der Waals surface area contributed by atoms with Crippen molar-refractivity contribution < 1.29 is 19.1 Å². The Morgan fingerprint density at radius 1 is 0.263 bits per heavy atom. The molecule has 0 aliphatic rings. The minimum Gasteiger partial charge on any atom is -0.422 e. The molecule has 0 unspecified atom stereocenters. The van der Waals surface area contributed by atoms with Crippen LogP contribution in [0.1, 0.15) is 21.0 Å². The molecule has 8 heteroatoms. The summed E-state index contributed by atoms with van der Waals surface area (Å²) >= 11 is 0. The predicted octanol–water partition coefficient (Wildman–Crippen LogP) is 16.3. The van der Waals surface area contributed by atoms with Gasteiger partial charge in [0, 0.05) is 32.7 Å². The Morgan fingerprint density at radius 2 is 0.526 bits per heavy atom. The lowest BCUT2D eigenvalue weighted by Gasteiger charge is -2.16. The Labute approximate surface area is 437 Å². The third-order valence-corrected chi connectivity index (χ3v) is 13.7. The average Bonchev–Trinajstić information content (AvgIpc) is 3.57. The van der Waals surface area contributed by atoms with Gasteiger partial charge in [-0.05, 0) is 93.0 Å². The van der Waals surface area contributed by atoms with Gasteiger partial charge in [0.05, 0.1) is 33.5 Å². The van der Waals surface area contributed by atoms with Crippen LogP contribution < -0.4 is 9.47 Å². The highest BCUT2D eigenvalue weighted by molar-refractivity contribution is 6.15. The number of nitrogens with zero attached hydrogens (tertiary/aromatic N) is 4. The lowest BCUT2D eigenvalue weighted by atomic mass is 9.93. The van der Waals surface area contributed by atoms with Crippen molar-refractivity contribution in [3.05, 3.63) is 266 Å². The number of carbonyl (C=O) groups excluding carboxylic acids is 2. The van der Waals surface area contributed by atoms with E-state index in [0.717, 1.165) is 88.6 Å². The molecule has 0 bridgehead atoms. The van der Waals surface area contributed by atoms with Crippen molar-refractivity contribution in [3.63, 3.8) is 0 Å². The number of fused-ring (bicyclic) bond motifs is 6. The molecule has 4 heterocycles. The van der Waals surface area contributed by atoms with Crippen molar-refractivity contribution in [1.29, 1.82) is 0 Å². The molecule has 13 rings (SSSR count). The first kappa shape index (κ1) is 45.4. The molecule has 8 nitrogen and oxygen atoms in total. The average molecular weight is 979 g/mol. The van der Waals surface area contributed by atoms with Gasteiger partial charge in [0.25, 0.3) is 0 Å². The molecule has 0 saturated heterocycles. The highest BCUT2D eigenvalue weighted by Gasteiger charge is 2.22. The Bertz CT molecular complexity index is 4050. The molecule has 0 saturated carbocycles. The lowest BCUT2D eigenvalue weighted by Crippen LogP contribution is -2.11. The van der Waals surface area contributed by atoms with Crippen LogP contribution in [-0.4, -0.2) is 31.9 Å². The highest BCUT2D eigenvalue weighted by atomic mass is 16.5. The number of rotatable bonds is 10. The molecule has 0 radical (unpaired) electrons. The standard InChI is InChI=1S/C68H42N4O4/c73-67(75-49-27-15-5-16-28-49)61-41-57(45-23-11-3-12-24-45)53-37-35-51-55(43-19-7-1-8-20-43)39-59(69-63(51)65(53)71-61)47-31-33-48(34-32-47)60-40-56(44-21-9-2-10-22-44)52-36-38-54-58(46-25-13-4-14-26-46)42-62(72-66(54)64(52)70-60)68(74)76-50-29-17-6-18-30-50/h1-42H. The SMILES string of the molecule is O=C(Oc1ccccc1)c1cc(-c2ccccc2)c2ccc3c(-c4ccccc4)cc(-c4ccc(-c5cc(-c6ccccc6)c6ccc7c(-c8ccccc8)cc(C(=O)Oc8ccccc8)nc7c6n5)cc4)nc3c2n1. The van der Waals surface area contributed by atoms with Gasteiger partial charge >= 0.3 is 11.9 Å². The predicted molar refractivity (Wildman–Crippen MR) is 303 cm³/mol. The molecule has 0 N–H and O–H groups in total. The lowest BCUT2D eigenvalue weighted by molar-refractivity contribution is 0.0719. The molecule has 358 valence electrons. The van der Waals surface area contributed by atoms with Crippen LogP contribution in [-0.2, 0) is 0 Å². The van der Waals surface area contributed by atoms with Gasteiger partial charge in [0.15, 0.2) is 0 Å². The van der Waals surface area contributed by atoms with Crippen LogP contribution in [0.25, 0.3) is 111 Å². The zero-order valence-corrected chi connectivity index (χ0v) is 40.7. The molecule has 9 aromatic carbocycles. The normalized spacial score (nSPS) is 11.3. The van der Waals surface area contributed by atoms with E-state index < -0.39 is 11.9 Å². The molecule has 0 spiro atoms. The number of esters is 2. The smallest absolute Gasteiger partial charge is 0.362 e. The summed E-state index contributed by atoms with van der Waals surface area (Å²) in [6.45, 7) is 0. The van der Waals surface area contributed by atoms with Gasteiger partial charge in [-0.1, -0.05) is 206 Å². The summed E-state index contributed by atoms with van der Waals surface area (Å²) in [6.07, 6.45) is 0. The second-order valence-corrected chi connectivity index (χ2v) is 18.4. The Balaban J connectivity index is 0.982. The van der Waals surface area contributed by atoms with Crippen LogP contribution in [0.3, 0.4) is 0 Å². The van der Waals surface area contributed by atoms with Crippen LogP contribution in [0, 0.1) is 0 Å². The van der Waals surface area contributed by atoms with Gasteiger partial charge in [0.2, 0.25) is 0 Å². The van der Waals surface area contributed by atoms with E-state index in [1.807, 2.05) is 133 Å². The van der Waals surface area contributed by atoms with Crippen LogP contribution in [0.5, 0.6) is 11.5 Å². The van der Waals surface area contributed by atoms with Crippen LogP contribution in [0.2, 0.25) is 0 Å². The first-order valence-electron chi connectivity index (χ1n) is 24.9. The minimum atomic E-state index is -0.568. The maximum Gasteiger partial charge on any atom is 0.362 e. The molecule has 0 atom stereocenters. The van der Waals surface area contributed by atoms with E-state index in [9.17, 15) is 9.59 Å². The number of ether oxygens (including phenoxy) is 2. The van der Waals surface area contributed by atoms with E-state index in [1.165, 1.54) is 0 Å². The van der Waals surface area contributed by atoms with Gasteiger partial charge in [-0.25, -0.2) is 29.5 Å². The first-order chi connectivity index (χ1) is 37.5. The molecular weight excluding hydrogens is 937 g/mol. The van der Waals surface area contributed by atoms with E-state index in [2.05, 4.69) is 84.9 Å². The quantitative estimate of drug-likeness (QED) is 0.0758. The minimum absolute atomic E-state index is 0.167. The zero-order chi connectivity index (χ0) is 51.0. The topological polar surface area (TPSA) is 104 Å². The number of hydrogen-bond donors (Lipinski definition) is 0. The first-order valence-corrected chi connectivity index (χ1v) is 24.9. The largest absolute Gasteiger partial charge is 0.422 e. The summed E-state index contributed by atoms with van der Waals surface area (Å²) in [7, 11) is 0. The van der Waals surface area contributed by atoms with Gasteiger partial charge < -0.3 is 9.47 Å². The van der Waals surface area contributed by atoms with Gasteiger partial charge in [-0.2, -0.15) is 0 Å². The maximum atomic E-state index is 14.0. The summed E-state index contributed by atoms with van der Waals surface area (Å²) in [5, 5.41) is 3.48. The number of benzene rings is 9. The van der Waals surface area contributed by atoms with Crippen molar-refractivity contribution in [3.8, 4) is 78.5 Å². The fraction of sp³-hybridized carbons (Fsp3) is 0. The molecule has 0 fully saturated rings. The van der Waals surface area contributed by atoms with E-state index in [4.69, 9.17) is 29.4 Å². The maximum absolute atomic E-state index is 14.0. The van der Waals surface area contributed by atoms with Crippen LogP contribution in [0.15, 0.2) is 255 Å². The van der Waals surface area contributed by atoms with Crippen LogP contribution in [0.4, 0.5) is 0 Å². The molecule has 0 amide bonds.